The van der Waals surface area contributed by atoms with Crippen molar-refractivity contribution in [3.05, 3.63) is 34.9 Å². The van der Waals surface area contributed by atoms with E-state index in [-0.39, 0.29) is 0 Å². The van der Waals surface area contributed by atoms with E-state index in [2.05, 4.69) is 17.0 Å². The summed E-state index contributed by atoms with van der Waals surface area (Å²) in [6, 6.07) is 8.20. The summed E-state index contributed by atoms with van der Waals surface area (Å²) in [4.78, 5) is 17.3. The maximum Gasteiger partial charge on any atom is 0.225 e. The van der Waals surface area contributed by atoms with Crippen molar-refractivity contribution in [2.24, 2.45) is 11.8 Å². The molecule has 144 valence electrons. The fourth-order valence-electron chi connectivity index (χ4n) is 4.58. The Kier molecular flexibility index (Phi) is 7.39. The zero-order chi connectivity index (χ0) is 18.4. The molecule has 1 heterocycles. The fraction of sp³-hybridized carbons (Fsp3) is 0.682. The molecule has 26 heavy (non-hydrogen) atoms. The van der Waals surface area contributed by atoms with Crippen molar-refractivity contribution >= 4 is 17.5 Å². The van der Waals surface area contributed by atoms with Crippen molar-refractivity contribution in [1.82, 2.24) is 9.80 Å². The molecule has 1 aliphatic heterocycles. The second-order valence-corrected chi connectivity index (χ2v) is 8.68. The third-order valence-electron chi connectivity index (χ3n) is 6.10. The van der Waals surface area contributed by atoms with E-state index in [1.807, 2.05) is 24.1 Å². The molecule has 1 aliphatic carbocycles. The number of benzene rings is 1. The molecule has 2 fully saturated rings. The second-order valence-electron chi connectivity index (χ2n) is 8.24. The van der Waals surface area contributed by atoms with Crippen LogP contribution in [0.4, 0.5) is 0 Å². The molecule has 0 N–H and O–H groups in total. The molecule has 4 heteroatoms. The number of halogens is 1. The van der Waals surface area contributed by atoms with Crippen molar-refractivity contribution in [1.29, 1.82) is 0 Å². The van der Waals surface area contributed by atoms with Crippen LogP contribution in [0.3, 0.4) is 0 Å². The highest BCUT2D eigenvalue weighted by Gasteiger charge is 2.27. The Hall–Kier alpha value is -1.06. The van der Waals surface area contributed by atoms with Crippen LogP contribution < -0.4 is 0 Å². The summed E-state index contributed by atoms with van der Waals surface area (Å²) in [7, 11) is 2.02. The normalized spacial score (nSPS) is 22.3. The first-order valence-electron chi connectivity index (χ1n) is 10.3. The van der Waals surface area contributed by atoms with Crippen LogP contribution in [0.2, 0.25) is 5.02 Å². The Labute approximate surface area is 163 Å². The van der Waals surface area contributed by atoms with Crippen LogP contribution in [0.25, 0.3) is 0 Å². The van der Waals surface area contributed by atoms with Gasteiger partial charge in [0.1, 0.15) is 0 Å². The van der Waals surface area contributed by atoms with E-state index < -0.39 is 0 Å². The summed E-state index contributed by atoms with van der Waals surface area (Å²) in [6.07, 6.45) is 9.52. The molecule has 1 saturated carbocycles. The minimum atomic E-state index is 0.290. The maximum absolute atomic E-state index is 12.7. The van der Waals surface area contributed by atoms with E-state index in [9.17, 15) is 4.79 Å². The van der Waals surface area contributed by atoms with Gasteiger partial charge in [-0.15, -0.1) is 0 Å². The van der Waals surface area contributed by atoms with Crippen molar-refractivity contribution in [3.63, 3.8) is 0 Å². The highest BCUT2D eigenvalue weighted by Crippen LogP contribution is 2.26. The number of carbonyl (C=O) groups excluding carboxylic acids is 1. The quantitative estimate of drug-likeness (QED) is 0.722. The molecule has 1 atom stereocenters. The molecule has 1 aromatic rings. The zero-order valence-corrected chi connectivity index (χ0v) is 16.9. The summed E-state index contributed by atoms with van der Waals surface area (Å²) in [5.41, 5.74) is 1.35. The van der Waals surface area contributed by atoms with Gasteiger partial charge in [0.2, 0.25) is 5.91 Å². The Bertz CT molecular complexity index is 568. The van der Waals surface area contributed by atoms with Gasteiger partial charge in [0.05, 0.1) is 0 Å². The standard InChI is InChI=1S/C22H33ClN2O/c1-24(22(26)20-7-3-2-4-8-20)16-19-6-5-14-25(17-19)15-13-18-9-11-21(23)12-10-18/h9-12,19-20H,2-8,13-17H2,1H3/t19-/m1/s1. The van der Waals surface area contributed by atoms with Gasteiger partial charge in [-0.25, -0.2) is 0 Å². The van der Waals surface area contributed by atoms with E-state index >= 15 is 0 Å². The average Bonchev–Trinajstić information content (AvgIpc) is 2.68. The SMILES string of the molecule is CN(C[C@H]1CCCN(CCc2ccc(Cl)cc2)C1)C(=O)C1CCCCC1. The zero-order valence-electron chi connectivity index (χ0n) is 16.1. The largest absolute Gasteiger partial charge is 0.345 e. The molecule has 1 amide bonds. The smallest absolute Gasteiger partial charge is 0.225 e. The van der Waals surface area contributed by atoms with Crippen LogP contribution in [0.15, 0.2) is 24.3 Å². The van der Waals surface area contributed by atoms with Crippen molar-refractivity contribution in [2.45, 2.75) is 51.4 Å². The average molecular weight is 377 g/mol. The van der Waals surface area contributed by atoms with Crippen LogP contribution in [-0.4, -0.2) is 48.9 Å². The minimum Gasteiger partial charge on any atom is -0.345 e. The number of piperidine rings is 1. The van der Waals surface area contributed by atoms with Gasteiger partial charge >= 0.3 is 0 Å². The van der Waals surface area contributed by atoms with Gasteiger partial charge in [0.25, 0.3) is 0 Å². The number of rotatable bonds is 6. The Morgan fingerprint density at radius 1 is 1.12 bits per heavy atom. The minimum absolute atomic E-state index is 0.290. The Balaban J connectivity index is 1.43. The van der Waals surface area contributed by atoms with Crippen molar-refractivity contribution < 1.29 is 4.79 Å². The van der Waals surface area contributed by atoms with Crippen molar-refractivity contribution in [2.75, 3.05) is 33.2 Å². The molecule has 0 radical (unpaired) electrons. The first-order valence-corrected chi connectivity index (χ1v) is 10.7. The lowest BCUT2D eigenvalue weighted by atomic mass is 9.88. The summed E-state index contributed by atoms with van der Waals surface area (Å²) in [5.74, 6) is 1.30. The molecule has 0 bridgehead atoms. The maximum atomic E-state index is 12.7. The number of carbonyl (C=O) groups is 1. The van der Waals surface area contributed by atoms with Crippen molar-refractivity contribution in [3.8, 4) is 0 Å². The van der Waals surface area contributed by atoms with E-state index in [4.69, 9.17) is 11.6 Å². The van der Waals surface area contributed by atoms with Crippen LogP contribution in [0, 0.1) is 11.8 Å². The molecule has 1 saturated heterocycles. The molecule has 1 aromatic carbocycles. The highest BCUT2D eigenvalue weighted by atomic mass is 35.5. The molecular formula is C22H33ClN2O. The fourth-order valence-corrected chi connectivity index (χ4v) is 4.71. The van der Waals surface area contributed by atoms with Gasteiger partial charge in [0, 0.05) is 37.6 Å². The number of hydrogen-bond donors (Lipinski definition) is 0. The van der Waals surface area contributed by atoms with Gasteiger partial charge in [0.15, 0.2) is 0 Å². The number of likely N-dealkylation sites (tertiary alicyclic amines) is 1. The molecule has 3 rings (SSSR count). The molecule has 0 unspecified atom stereocenters. The van der Waals surface area contributed by atoms with E-state index in [0.717, 1.165) is 43.9 Å². The van der Waals surface area contributed by atoms with Crippen LogP contribution in [-0.2, 0) is 11.2 Å². The first-order chi connectivity index (χ1) is 12.6. The summed E-state index contributed by atoms with van der Waals surface area (Å²) in [5, 5.41) is 0.803. The third-order valence-corrected chi connectivity index (χ3v) is 6.35. The van der Waals surface area contributed by atoms with Gasteiger partial charge in [-0.05, 0) is 62.3 Å². The lowest BCUT2D eigenvalue weighted by Gasteiger charge is -2.36. The second kappa shape index (κ2) is 9.75. The molecule has 0 aromatic heterocycles. The van der Waals surface area contributed by atoms with E-state index in [1.165, 1.54) is 44.2 Å². The molecule has 0 spiro atoms. The third kappa shape index (κ3) is 5.72. The van der Waals surface area contributed by atoms with Crippen LogP contribution >= 0.6 is 11.6 Å². The molecule has 2 aliphatic rings. The Morgan fingerprint density at radius 3 is 2.58 bits per heavy atom. The van der Waals surface area contributed by atoms with E-state index in [0.29, 0.717) is 17.7 Å². The predicted octanol–water partition coefficient (Wildman–Crippen LogP) is 4.63. The number of amides is 1. The monoisotopic (exact) mass is 376 g/mol. The summed E-state index contributed by atoms with van der Waals surface area (Å²) in [6.45, 7) is 4.32. The van der Waals surface area contributed by atoms with Gasteiger partial charge in [-0.3, -0.25) is 4.79 Å². The Morgan fingerprint density at radius 2 is 1.85 bits per heavy atom. The van der Waals surface area contributed by atoms with E-state index in [1.54, 1.807) is 0 Å². The van der Waals surface area contributed by atoms with Crippen LogP contribution in [0.5, 0.6) is 0 Å². The number of nitrogens with zero attached hydrogens (tertiary/aromatic N) is 2. The van der Waals surface area contributed by atoms with Gasteiger partial charge < -0.3 is 9.80 Å². The van der Waals surface area contributed by atoms with Gasteiger partial charge in [-0.2, -0.15) is 0 Å². The molecular weight excluding hydrogens is 344 g/mol. The van der Waals surface area contributed by atoms with Gasteiger partial charge in [-0.1, -0.05) is 43.0 Å². The molecule has 3 nitrogen and oxygen atoms in total. The number of hydrogen-bond acceptors (Lipinski definition) is 2. The summed E-state index contributed by atoms with van der Waals surface area (Å²) >= 11 is 5.97. The highest BCUT2D eigenvalue weighted by molar-refractivity contribution is 6.30. The first kappa shape index (κ1) is 19.7. The topological polar surface area (TPSA) is 23.6 Å². The predicted molar refractivity (Wildman–Crippen MR) is 109 cm³/mol. The van der Waals surface area contributed by atoms with Crippen LogP contribution in [0.1, 0.15) is 50.5 Å². The lowest BCUT2D eigenvalue weighted by Crippen LogP contribution is -2.43. The lowest BCUT2D eigenvalue weighted by molar-refractivity contribution is -0.136. The summed E-state index contributed by atoms with van der Waals surface area (Å²) < 4.78 is 0.